The predicted octanol–water partition coefficient (Wildman–Crippen LogP) is 4.94. The van der Waals surface area contributed by atoms with Gasteiger partial charge in [0.15, 0.2) is 17.2 Å². The summed E-state index contributed by atoms with van der Waals surface area (Å²) in [5.74, 6) is -1.06. The maximum Gasteiger partial charge on any atom is 0.416 e. The molecule has 268 valence electrons. The summed E-state index contributed by atoms with van der Waals surface area (Å²) < 4.78 is 48.2. The lowest BCUT2D eigenvalue weighted by atomic mass is 10.2. The van der Waals surface area contributed by atoms with E-state index in [1.165, 1.54) is 15.8 Å². The molecule has 14 nitrogen and oxygen atoms in total. The number of carbonyl (C=O) groups excluding carboxylic acids is 2. The highest BCUT2D eigenvalue weighted by molar-refractivity contribution is 6.33. The number of amides is 2. The number of para-hydroxylation sites is 1. The largest absolute Gasteiger partial charge is 0.504 e. The van der Waals surface area contributed by atoms with Crippen LogP contribution in [0, 0.1) is 6.92 Å². The number of anilines is 2. The Bertz CT molecular complexity index is 2400. The van der Waals surface area contributed by atoms with Crippen molar-refractivity contribution in [2.24, 2.45) is 0 Å². The van der Waals surface area contributed by atoms with Crippen molar-refractivity contribution in [1.82, 2.24) is 34.0 Å². The third-order valence-electron chi connectivity index (χ3n) is 8.77. The molecule has 2 amide bonds. The molecule has 6 aromatic rings. The van der Waals surface area contributed by atoms with Crippen LogP contribution in [0.4, 0.5) is 24.5 Å². The molecule has 0 unspecified atom stereocenters. The second-order valence-electron chi connectivity index (χ2n) is 12.0. The van der Waals surface area contributed by atoms with E-state index >= 15 is 0 Å². The number of halogens is 4. The lowest BCUT2D eigenvalue weighted by molar-refractivity contribution is -0.137. The van der Waals surface area contributed by atoms with Crippen molar-refractivity contribution in [3.8, 4) is 17.3 Å². The molecule has 18 heteroatoms. The lowest BCUT2D eigenvalue weighted by Crippen LogP contribution is -2.51. The Morgan fingerprint density at radius 3 is 2.50 bits per heavy atom. The Morgan fingerprint density at radius 1 is 1.06 bits per heavy atom. The average Bonchev–Trinajstić information content (AvgIpc) is 3.76. The van der Waals surface area contributed by atoms with Crippen LogP contribution >= 0.6 is 11.6 Å². The first-order valence-corrected chi connectivity index (χ1v) is 16.4. The summed E-state index contributed by atoms with van der Waals surface area (Å²) >= 11 is 6.12. The van der Waals surface area contributed by atoms with E-state index in [0.717, 1.165) is 28.1 Å². The van der Waals surface area contributed by atoms with Gasteiger partial charge in [0.1, 0.15) is 24.1 Å². The number of nitrogens with one attached hydrogen (secondary N) is 1. The third kappa shape index (κ3) is 6.27. The summed E-state index contributed by atoms with van der Waals surface area (Å²) in [5, 5.41) is 17.9. The molecule has 1 saturated heterocycles. The Morgan fingerprint density at radius 2 is 1.81 bits per heavy atom. The Hall–Kier alpha value is -5.97. The zero-order chi connectivity index (χ0) is 36.9. The highest BCUT2D eigenvalue weighted by Crippen LogP contribution is 2.34. The van der Waals surface area contributed by atoms with Crippen LogP contribution in [0.1, 0.15) is 34.4 Å². The van der Waals surface area contributed by atoms with Gasteiger partial charge in [-0.2, -0.15) is 22.7 Å². The standard InChI is InChI=1S/C34H29ClF3N9O5/c1-3-23-28(44-10-12-45(13-11-44)31(50)27-29(49)18(2)39-17-40-27)32(51)47-33(42-30(43-47)25-14-19-6-4-5-7-24(19)52-25)46(23)16-26(48)41-22-9-8-20(15-21(22)35)34(36,37)38/h4-9,14-15,17,49H,3,10-13,16H2,1-2H3,(H,41,48). The van der Waals surface area contributed by atoms with Gasteiger partial charge in [-0.15, -0.1) is 5.10 Å². The van der Waals surface area contributed by atoms with Crippen LogP contribution in [0.25, 0.3) is 28.3 Å². The molecule has 4 aromatic heterocycles. The van der Waals surface area contributed by atoms with Crippen LogP contribution in [0.5, 0.6) is 5.75 Å². The number of alkyl halides is 3. The SMILES string of the molecule is CCc1c(N2CCN(C(=O)c3ncnc(C)c3O)CC2)c(=O)n2nc(-c3cc4ccccc4o3)nc2n1CC(=O)Nc1ccc(C(F)(F)F)cc1Cl. The second kappa shape index (κ2) is 13.3. The fraction of sp³-hybridized carbons (Fsp3) is 0.265. The van der Waals surface area contributed by atoms with Crippen LogP contribution in [0.2, 0.25) is 5.02 Å². The molecule has 1 aliphatic heterocycles. The zero-order valence-corrected chi connectivity index (χ0v) is 28.4. The molecule has 0 spiro atoms. The minimum atomic E-state index is -4.62. The van der Waals surface area contributed by atoms with Crippen LogP contribution in [-0.2, 0) is 23.9 Å². The highest BCUT2D eigenvalue weighted by atomic mass is 35.5. The Labute approximate surface area is 297 Å². The topological polar surface area (TPSA) is 164 Å². The summed E-state index contributed by atoms with van der Waals surface area (Å²) in [5.41, 5.74) is -0.159. The lowest BCUT2D eigenvalue weighted by Gasteiger charge is -2.36. The van der Waals surface area contributed by atoms with Gasteiger partial charge in [-0.05, 0) is 43.7 Å². The number of nitrogens with zero attached hydrogens (tertiary/aromatic N) is 8. The maximum atomic E-state index is 14.3. The summed E-state index contributed by atoms with van der Waals surface area (Å²) in [6.07, 6.45) is -3.17. The average molecular weight is 736 g/mol. The first-order chi connectivity index (χ1) is 24.8. The number of carbonyl (C=O) groups is 2. The summed E-state index contributed by atoms with van der Waals surface area (Å²) in [6, 6.07) is 11.6. The van der Waals surface area contributed by atoms with Crippen LogP contribution in [-0.4, -0.2) is 77.1 Å². The Balaban J connectivity index is 1.26. The van der Waals surface area contributed by atoms with Gasteiger partial charge in [-0.1, -0.05) is 36.7 Å². The fourth-order valence-electron chi connectivity index (χ4n) is 6.16. The summed E-state index contributed by atoms with van der Waals surface area (Å²) in [6.45, 7) is 3.71. The van der Waals surface area contributed by atoms with Crippen LogP contribution in [0.3, 0.4) is 0 Å². The smallest absolute Gasteiger partial charge is 0.416 e. The predicted molar refractivity (Wildman–Crippen MR) is 183 cm³/mol. The van der Waals surface area contributed by atoms with Crippen LogP contribution in [0.15, 0.2) is 64.1 Å². The van der Waals surface area contributed by atoms with E-state index in [1.807, 2.05) is 18.2 Å². The van der Waals surface area contributed by atoms with E-state index in [4.69, 9.17) is 16.0 Å². The number of hydrogen-bond acceptors (Lipinski definition) is 10. The van der Waals surface area contributed by atoms with E-state index in [0.29, 0.717) is 11.3 Å². The molecule has 0 bridgehead atoms. The first kappa shape index (κ1) is 34.5. The maximum absolute atomic E-state index is 14.3. The number of fused-ring (bicyclic) bond motifs is 2. The molecule has 0 atom stereocenters. The number of aromatic nitrogens is 6. The van der Waals surface area contributed by atoms with Gasteiger partial charge >= 0.3 is 6.18 Å². The Kier molecular flexibility index (Phi) is 8.82. The van der Waals surface area contributed by atoms with E-state index in [9.17, 15) is 32.7 Å². The molecule has 2 aromatic carbocycles. The van der Waals surface area contributed by atoms with Crippen molar-refractivity contribution in [2.45, 2.75) is 33.0 Å². The number of aryl methyl sites for hydroxylation is 1. The van der Waals surface area contributed by atoms with Crippen molar-refractivity contribution < 1.29 is 32.3 Å². The van der Waals surface area contributed by atoms with Gasteiger partial charge in [0.25, 0.3) is 11.5 Å². The fourth-order valence-corrected chi connectivity index (χ4v) is 6.39. The summed E-state index contributed by atoms with van der Waals surface area (Å²) in [7, 11) is 0. The molecule has 0 aliphatic carbocycles. The van der Waals surface area contributed by atoms with E-state index in [1.54, 1.807) is 30.9 Å². The van der Waals surface area contributed by atoms with Gasteiger partial charge in [0, 0.05) is 31.6 Å². The number of furan rings is 1. The van der Waals surface area contributed by atoms with Crippen molar-refractivity contribution >= 4 is 51.5 Å². The van der Waals surface area contributed by atoms with Gasteiger partial charge in [0.2, 0.25) is 17.5 Å². The minimum absolute atomic E-state index is 0.0261. The molecule has 52 heavy (non-hydrogen) atoms. The van der Waals surface area contributed by atoms with Crippen molar-refractivity contribution in [2.75, 3.05) is 36.4 Å². The molecule has 0 saturated carbocycles. The quantitative estimate of drug-likeness (QED) is 0.230. The first-order valence-electron chi connectivity index (χ1n) is 16.1. The van der Waals surface area contributed by atoms with Gasteiger partial charge < -0.3 is 29.2 Å². The van der Waals surface area contributed by atoms with E-state index in [2.05, 4.69) is 25.4 Å². The molecule has 2 N–H and O–H groups in total. The minimum Gasteiger partial charge on any atom is -0.504 e. The van der Waals surface area contributed by atoms with Crippen molar-refractivity contribution in [1.29, 1.82) is 0 Å². The highest BCUT2D eigenvalue weighted by Gasteiger charge is 2.32. The van der Waals surface area contributed by atoms with Gasteiger partial charge in [-0.3, -0.25) is 14.4 Å². The molecule has 5 heterocycles. The monoisotopic (exact) mass is 735 g/mol. The number of hydrogen-bond donors (Lipinski definition) is 2. The molecule has 0 radical (unpaired) electrons. The van der Waals surface area contributed by atoms with Crippen molar-refractivity contribution in [3.63, 3.8) is 0 Å². The molecule has 1 fully saturated rings. The zero-order valence-electron chi connectivity index (χ0n) is 27.6. The van der Waals surface area contributed by atoms with Crippen LogP contribution < -0.4 is 15.8 Å². The number of benzene rings is 2. The van der Waals surface area contributed by atoms with Crippen molar-refractivity contribution in [3.05, 3.63) is 92.9 Å². The molecular weight excluding hydrogens is 707 g/mol. The number of rotatable bonds is 7. The normalized spacial score (nSPS) is 13.7. The number of aromatic hydroxyl groups is 1. The van der Waals surface area contributed by atoms with Gasteiger partial charge in [0.05, 0.1) is 27.7 Å². The molecule has 7 rings (SSSR count). The molecule has 1 aliphatic rings. The number of piperazine rings is 1. The van der Waals surface area contributed by atoms with E-state index in [-0.39, 0.29) is 83.5 Å². The van der Waals surface area contributed by atoms with Gasteiger partial charge in [-0.25, -0.2) is 9.97 Å². The summed E-state index contributed by atoms with van der Waals surface area (Å²) in [4.78, 5) is 56.8. The third-order valence-corrected chi connectivity index (χ3v) is 9.08. The van der Waals surface area contributed by atoms with E-state index < -0.39 is 35.7 Å². The second-order valence-corrected chi connectivity index (χ2v) is 12.4. The molecular formula is C34H29ClF3N9O5.